The van der Waals surface area contributed by atoms with Gasteiger partial charge in [-0.25, -0.2) is 0 Å². The van der Waals surface area contributed by atoms with E-state index in [2.05, 4.69) is 15.5 Å². The van der Waals surface area contributed by atoms with Crippen molar-refractivity contribution in [2.75, 3.05) is 36.5 Å². The van der Waals surface area contributed by atoms with Crippen LogP contribution in [0.2, 0.25) is 0 Å². The lowest BCUT2D eigenvalue weighted by molar-refractivity contribution is -0.114. The predicted molar refractivity (Wildman–Crippen MR) is 98.4 cm³/mol. The second-order valence-electron chi connectivity index (χ2n) is 6.21. The van der Waals surface area contributed by atoms with Crippen LogP contribution in [0.4, 0.5) is 11.4 Å². The number of nitrogens with zero attached hydrogens (tertiary/aromatic N) is 1. The minimum absolute atomic E-state index is 0.150. The van der Waals surface area contributed by atoms with Crippen LogP contribution >= 0.6 is 0 Å². The van der Waals surface area contributed by atoms with Crippen molar-refractivity contribution in [2.45, 2.75) is 20.4 Å². The maximum Gasteiger partial charge on any atom is 0.253 e. The number of ether oxygens (including phenoxy) is 1. The highest BCUT2D eigenvalue weighted by molar-refractivity contribution is 6.01. The molecule has 26 heavy (non-hydrogen) atoms. The van der Waals surface area contributed by atoms with Crippen LogP contribution in [0.1, 0.15) is 28.8 Å². The molecule has 0 saturated carbocycles. The minimum atomic E-state index is -0.185. The van der Waals surface area contributed by atoms with Crippen molar-refractivity contribution in [3.8, 4) is 0 Å². The molecule has 0 radical (unpaired) electrons. The Morgan fingerprint density at radius 2 is 1.92 bits per heavy atom. The lowest BCUT2D eigenvalue weighted by Crippen LogP contribution is -2.38. The van der Waals surface area contributed by atoms with Gasteiger partial charge in [0.05, 0.1) is 31.0 Å². The molecule has 2 heterocycles. The fraction of sp³-hybridized carbons (Fsp3) is 0.368. The van der Waals surface area contributed by atoms with Gasteiger partial charge in [-0.2, -0.15) is 0 Å². The topological polar surface area (TPSA) is 83.8 Å². The van der Waals surface area contributed by atoms with Gasteiger partial charge in [-0.15, -0.1) is 0 Å². The van der Waals surface area contributed by atoms with Gasteiger partial charge in [0.15, 0.2) is 0 Å². The van der Waals surface area contributed by atoms with Crippen molar-refractivity contribution in [1.29, 1.82) is 0 Å². The van der Waals surface area contributed by atoms with Gasteiger partial charge in [0.2, 0.25) is 5.91 Å². The number of anilines is 2. The van der Waals surface area contributed by atoms with E-state index >= 15 is 0 Å². The van der Waals surface area contributed by atoms with Gasteiger partial charge >= 0.3 is 0 Å². The molecule has 1 aliphatic rings. The number of furan rings is 1. The standard InChI is InChI=1S/C19H23N3O4/c1-13-3-5-16(26-13)12-20-19(24)17-6-4-15(21-14(2)23)11-18(17)22-7-9-25-10-8-22/h3-6,11H,7-10,12H2,1-2H3,(H,20,24)(H,21,23). The van der Waals surface area contributed by atoms with Crippen molar-refractivity contribution >= 4 is 23.2 Å². The van der Waals surface area contributed by atoms with Crippen LogP contribution in [0.3, 0.4) is 0 Å². The zero-order valence-corrected chi connectivity index (χ0v) is 15.0. The summed E-state index contributed by atoms with van der Waals surface area (Å²) in [7, 11) is 0. The second-order valence-corrected chi connectivity index (χ2v) is 6.21. The molecule has 3 rings (SSSR count). The Morgan fingerprint density at radius 1 is 1.15 bits per heavy atom. The van der Waals surface area contributed by atoms with Gasteiger partial charge in [-0.3, -0.25) is 9.59 Å². The maximum absolute atomic E-state index is 12.7. The molecule has 1 aromatic heterocycles. The van der Waals surface area contributed by atoms with Crippen LogP contribution in [0.15, 0.2) is 34.7 Å². The number of hydrogen-bond donors (Lipinski definition) is 2. The van der Waals surface area contributed by atoms with E-state index in [1.165, 1.54) is 6.92 Å². The summed E-state index contributed by atoms with van der Waals surface area (Å²) in [5, 5.41) is 5.66. The summed E-state index contributed by atoms with van der Waals surface area (Å²) in [6.45, 7) is 6.25. The highest BCUT2D eigenvalue weighted by Gasteiger charge is 2.20. The quantitative estimate of drug-likeness (QED) is 0.858. The van der Waals surface area contributed by atoms with Crippen LogP contribution in [0, 0.1) is 6.92 Å². The monoisotopic (exact) mass is 357 g/mol. The van der Waals surface area contributed by atoms with Crippen LogP contribution in [0.25, 0.3) is 0 Å². The van der Waals surface area contributed by atoms with E-state index in [1.54, 1.807) is 12.1 Å². The van der Waals surface area contributed by atoms with Crippen molar-refractivity contribution in [3.05, 3.63) is 47.4 Å². The first-order valence-corrected chi connectivity index (χ1v) is 8.61. The number of carbonyl (C=O) groups excluding carboxylic acids is 2. The van der Waals surface area contributed by atoms with Crippen molar-refractivity contribution in [3.63, 3.8) is 0 Å². The van der Waals surface area contributed by atoms with Gasteiger partial charge in [0.25, 0.3) is 5.91 Å². The first-order valence-electron chi connectivity index (χ1n) is 8.61. The summed E-state index contributed by atoms with van der Waals surface area (Å²) in [4.78, 5) is 26.2. The Hall–Kier alpha value is -2.80. The third-order valence-electron chi connectivity index (χ3n) is 4.13. The normalized spacial score (nSPS) is 14.2. The molecule has 2 amide bonds. The molecular formula is C19H23N3O4. The van der Waals surface area contributed by atoms with Crippen LogP contribution < -0.4 is 15.5 Å². The smallest absolute Gasteiger partial charge is 0.253 e. The summed E-state index contributed by atoms with van der Waals surface area (Å²) in [5.74, 6) is 1.18. The molecule has 2 N–H and O–H groups in total. The van der Waals surface area contributed by atoms with E-state index in [-0.39, 0.29) is 11.8 Å². The van der Waals surface area contributed by atoms with Crippen LogP contribution in [-0.2, 0) is 16.1 Å². The number of carbonyl (C=O) groups is 2. The van der Waals surface area contributed by atoms with E-state index in [9.17, 15) is 9.59 Å². The number of morpholine rings is 1. The molecule has 1 fully saturated rings. The Balaban J connectivity index is 1.81. The number of amides is 2. The third kappa shape index (κ3) is 4.43. The molecule has 7 nitrogen and oxygen atoms in total. The fourth-order valence-corrected chi connectivity index (χ4v) is 2.91. The largest absolute Gasteiger partial charge is 0.465 e. The van der Waals surface area contributed by atoms with E-state index in [0.29, 0.717) is 49.9 Å². The number of rotatable bonds is 5. The molecule has 138 valence electrons. The first kappa shape index (κ1) is 18.0. The van der Waals surface area contributed by atoms with Crippen LogP contribution in [-0.4, -0.2) is 38.1 Å². The third-order valence-corrected chi connectivity index (χ3v) is 4.13. The number of nitrogens with one attached hydrogen (secondary N) is 2. The molecule has 1 saturated heterocycles. The second kappa shape index (κ2) is 8.05. The summed E-state index contributed by atoms with van der Waals surface area (Å²) >= 11 is 0. The van der Waals surface area contributed by atoms with Gasteiger partial charge in [0, 0.05) is 25.7 Å². The minimum Gasteiger partial charge on any atom is -0.465 e. The molecular weight excluding hydrogens is 334 g/mol. The zero-order valence-electron chi connectivity index (χ0n) is 15.0. The SMILES string of the molecule is CC(=O)Nc1ccc(C(=O)NCc2ccc(C)o2)c(N2CCOCC2)c1. The number of aryl methyl sites for hydroxylation is 1. The van der Waals surface area contributed by atoms with Gasteiger partial charge in [-0.1, -0.05) is 0 Å². The fourth-order valence-electron chi connectivity index (χ4n) is 2.91. The van der Waals surface area contributed by atoms with E-state index in [1.807, 2.05) is 25.1 Å². The molecule has 0 unspecified atom stereocenters. The highest BCUT2D eigenvalue weighted by atomic mass is 16.5. The Morgan fingerprint density at radius 3 is 2.58 bits per heavy atom. The van der Waals surface area contributed by atoms with Crippen molar-refractivity contribution in [1.82, 2.24) is 5.32 Å². The van der Waals surface area contributed by atoms with Crippen molar-refractivity contribution in [2.24, 2.45) is 0 Å². The van der Waals surface area contributed by atoms with E-state index in [4.69, 9.17) is 9.15 Å². The van der Waals surface area contributed by atoms with Crippen LogP contribution in [0.5, 0.6) is 0 Å². The summed E-state index contributed by atoms with van der Waals surface area (Å²) in [6.07, 6.45) is 0. The average molecular weight is 357 g/mol. The molecule has 1 aliphatic heterocycles. The molecule has 7 heteroatoms. The zero-order chi connectivity index (χ0) is 18.5. The summed E-state index contributed by atoms with van der Waals surface area (Å²) < 4.78 is 10.9. The highest BCUT2D eigenvalue weighted by Crippen LogP contribution is 2.26. The van der Waals surface area contributed by atoms with E-state index < -0.39 is 0 Å². The summed E-state index contributed by atoms with van der Waals surface area (Å²) in [6, 6.07) is 9.01. The van der Waals surface area contributed by atoms with E-state index in [0.717, 1.165) is 11.4 Å². The Bertz CT molecular complexity index is 794. The Labute approximate surface area is 152 Å². The van der Waals surface area contributed by atoms with Gasteiger partial charge in [0.1, 0.15) is 11.5 Å². The molecule has 0 atom stereocenters. The van der Waals surface area contributed by atoms with Gasteiger partial charge in [-0.05, 0) is 37.3 Å². The average Bonchev–Trinajstić information content (AvgIpc) is 3.05. The molecule has 2 aromatic rings. The molecule has 0 spiro atoms. The summed E-state index contributed by atoms with van der Waals surface area (Å²) in [5.41, 5.74) is 2.01. The number of hydrogen-bond acceptors (Lipinski definition) is 5. The Kier molecular flexibility index (Phi) is 5.58. The number of benzene rings is 1. The van der Waals surface area contributed by atoms with Gasteiger partial charge < -0.3 is 24.7 Å². The lowest BCUT2D eigenvalue weighted by atomic mass is 10.1. The maximum atomic E-state index is 12.7. The molecule has 0 aliphatic carbocycles. The lowest BCUT2D eigenvalue weighted by Gasteiger charge is -2.30. The predicted octanol–water partition coefficient (Wildman–Crippen LogP) is 2.31. The molecule has 0 bridgehead atoms. The molecule has 1 aromatic carbocycles. The first-order chi connectivity index (χ1) is 12.5. The van der Waals surface area contributed by atoms with Crippen molar-refractivity contribution < 1.29 is 18.7 Å².